The number of hydrogen-bond acceptors (Lipinski definition) is 6. The van der Waals surface area contributed by atoms with E-state index in [4.69, 9.17) is 22.3 Å². The fourth-order valence-corrected chi connectivity index (χ4v) is 1.94. The van der Waals surface area contributed by atoms with Crippen molar-refractivity contribution in [2.75, 3.05) is 13.1 Å². The first-order valence-electron chi connectivity index (χ1n) is 7.19. The monoisotopic (exact) mass is 348 g/mol. The number of carboxylic acid groups (broad SMARTS) is 2. The van der Waals surface area contributed by atoms with Crippen LogP contribution in [0.25, 0.3) is 0 Å². The van der Waals surface area contributed by atoms with Crippen LogP contribution in [0.1, 0.15) is 19.3 Å². The summed E-state index contributed by atoms with van der Waals surface area (Å²) in [5, 5.41) is 25.5. The quantitative estimate of drug-likeness (QED) is 0.173. The van der Waals surface area contributed by atoms with Crippen molar-refractivity contribution >= 4 is 24.0 Å². The number of hydrogen-bond donors (Lipinski definition) is 8. The van der Waals surface area contributed by atoms with Gasteiger partial charge in [0.15, 0.2) is 0 Å². The number of nitrogens with two attached hydrogens (primary N) is 3. The lowest BCUT2D eigenvalue weighted by molar-refractivity contribution is -0.142. The zero-order chi connectivity index (χ0) is 18.7. The van der Waals surface area contributed by atoms with Gasteiger partial charge in [0.05, 0.1) is 0 Å². The number of carbonyl (C=O) groups excluding carboxylic acids is 2. The van der Waals surface area contributed by atoms with Crippen LogP contribution in [0.2, 0.25) is 0 Å². The third-order valence-corrected chi connectivity index (χ3v) is 3.16. The lowest BCUT2D eigenvalue weighted by atomic mass is 10.0. The lowest BCUT2D eigenvalue weighted by Gasteiger charge is -2.26. The highest BCUT2D eigenvalue weighted by Crippen LogP contribution is 2.04. The molecule has 0 aliphatic carbocycles. The normalized spacial score (nSPS) is 14.2. The third-order valence-electron chi connectivity index (χ3n) is 3.16. The molecule has 0 radical (unpaired) electrons. The van der Waals surface area contributed by atoms with Gasteiger partial charge in [0.2, 0.25) is 0 Å². The Hall–Kier alpha value is -2.60. The molecule has 0 aromatic carbocycles. The predicted octanol–water partition coefficient (Wildman–Crippen LogP) is -2.68. The van der Waals surface area contributed by atoms with E-state index in [0.29, 0.717) is 6.42 Å². The molecule has 0 spiro atoms. The first kappa shape index (κ1) is 21.4. The highest BCUT2D eigenvalue weighted by Gasteiger charge is 2.28. The number of amides is 4. The van der Waals surface area contributed by atoms with Crippen molar-refractivity contribution in [2.45, 2.75) is 37.4 Å². The number of carbonyl (C=O) groups is 4. The second-order valence-corrected chi connectivity index (χ2v) is 5.04. The summed E-state index contributed by atoms with van der Waals surface area (Å²) in [7, 11) is 0. The molecule has 0 bridgehead atoms. The van der Waals surface area contributed by atoms with Crippen molar-refractivity contribution in [1.29, 1.82) is 0 Å². The lowest BCUT2D eigenvalue weighted by Crippen LogP contribution is -2.55. The molecule has 0 aliphatic heterocycles. The zero-order valence-electron chi connectivity index (χ0n) is 13.0. The summed E-state index contributed by atoms with van der Waals surface area (Å²) >= 11 is 0. The molecule has 3 atom stereocenters. The number of aliphatic carboxylic acids is 2. The van der Waals surface area contributed by atoms with E-state index in [1.165, 1.54) is 0 Å². The summed E-state index contributed by atoms with van der Waals surface area (Å²) in [5.74, 6) is -2.51. The molecule has 0 rings (SSSR count). The Kier molecular flexibility index (Phi) is 9.82. The minimum absolute atomic E-state index is 0.0313. The Balaban J connectivity index is 4.69. The van der Waals surface area contributed by atoms with Gasteiger partial charge in [-0.05, 0) is 19.3 Å². The fourth-order valence-electron chi connectivity index (χ4n) is 1.94. The van der Waals surface area contributed by atoms with E-state index in [2.05, 4.69) is 16.0 Å². The molecule has 0 aromatic heterocycles. The van der Waals surface area contributed by atoms with Crippen molar-refractivity contribution < 1.29 is 29.4 Å². The van der Waals surface area contributed by atoms with Crippen molar-refractivity contribution in [1.82, 2.24) is 16.0 Å². The third kappa shape index (κ3) is 9.42. The minimum Gasteiger partial charge on any atom is -0.480 e. The number of nitrogens with one attached hydrogen (secondary N) is 3. The fraction of sp³-hybridized carbons (Fsp3) is 0.667. The summed E-state index contributed by atoms with van der Waals surface area (Å²) < 4.78 is 0. The molecule has 0 heterocycles. The topological polar surface area (TPSA) is 223 Å². The van der Waals surface area contributed by atoms with Crippen LogP contribution in [0.5, 0.6) is 0 Å². The average molecular weight is 348 g/mol. The number of rotatable bonds is 12. The molecule has 24 heavy (non-hydrogen) atoms. The van der Waals surface area contributed by atoms with Gasteiger partial charge < -0.3 is 38.0 Å². The van der Waals surface area contributed by atoms with Crippen molar-refractivity contribution in [3.05, 3.63) is 0 Å². The molecule has 11 N–H and O–H groups in total. The van der Waals surface area contributed by atoms with Crippen LogP contribution in [0.3, 0.4) is 0 Å². The maximum atomic E-state index is 11.3. The number of carboxylic acids is 2. The van der Waals surface area contributed by atoms with Gasteiger partial charge in [0.1, 0.15) is 12.1 Å². The van der Waals surface area contributed by atoms with Crippen LogP contribution < -0.4 is 33.2 Å². The standard InChI is InChI=1S/C12H24N6O6/c13-8(10(21)22)6(3-5-17-12(15)24)18-7(9(19)20)2-1-4-16-11(14)23/h6-8,18H,1-5,13H2,(H,19,20)(H,21,22)(H3,14,16,23)(H3,15,17,24)/t6?,7-,8-/m0/s1. The summed E-state index contributed by atoms with van der Waals surface area (Å²) in [5.41, 5.74) is 15.4. The smallest absolute Gasteiger partial charge is 0.322 e. The van der Waals surface area contributed by atoms with E-state index in [0.717, 1.165) is 0 Å². The van der Waals surface area contributed by atoms with Crippen LogP contribution in [-0.4, -0.2) is 65.4 Å². The molecule has 0 saturated heterocycles. The van der Waals surface area contributed by atoms with Gasteiger partial charge in [0, 0.05) is 19.1 Å². The Morgan fingerprint density at radius 1 is 0.875 bits per heavy atom. The van der Waals surface area contributed by atoms with Crippen LogP contribution in [0.4, 0.5) is 9.59 Å². The van der Waals surface area contributed by atoms with Crippen molar-refractivity contribution in [3.8, 4) is 0 Å². The van der Waals surface area contributed by atoms with E-state index in [-0.39, 0.29) is 25.9 Å². The summed E-state index contributed by atoms with van der Waals surface area (Å²) in [4.78, 5) is 43.5. The zero-order valence-corrected chi connectivity index (χ0v) is 13.0. The molecular formula is C12H24N6O6. The Morgan fingerprint density at radius 2 is 1.42 bits per heavy atom. The van der Waals surface area contributed by atoms with Crippen LogP contribution in [0, 0.1) is 0 Å². The molecule has 12 nitrogen and oxygen atoms in total. The van der Waals surface area contributed by atoms with Gasteiger partial charge >= 0.3 is 24.0 Å². The summed E-state index contributed by atoms with van der Waals surface area (Å²) in [6, 6.07) is -4.86. The summed E-state index contributed by atoms with van der Waals surface area (Å²) in [6.07, 6.45) is 0.489. The first-order valence-corrected chi connectivity index (χ1v) is 7.19. The van der Waals surface area contributed by atoms with Gasteiger partial charge in [0.25, 0.3) is 0 Å². The second-order valence-electron chi connectivity index (χ2n) is 5.04. The maximum absolute atomic E-state index is 11.3. The van der Waals surface area contributed by atoms with Crippen LogP contribution >= 0.6 is 0 Å². The van der Waals surface area contributed by atoms with Gasteiger partial charge in [-0.15, -0.1) is 0 Å². The molecule has 0 aliphatic rings. The van der Waals surface area contributed by atoms with Gasteiger partial charge in [-0.1, -0.05) is 0 Å². The summed E-state index contributed by atoms with van der Waals surface area (Å²) in [6.45, 7) is 0.212. The molecule has 0 aromatic rings. The number of primary amides is 2. The Bertz CT molecular complexity index is 459. The van der Waals surface area contributed by atoms with Crippen LogP contribution in [0.15, 0.2) is 0 Å². The Labute approximate surface area is 138 Å². The molecule has 138 valence electrons. The minimum atomic E-state index is -1.37. The molecular weight excluding hydrogens is 324 g/mol. The predicted molar refractivity (Wildman–Crippen MR) is 83.0 cm³/mol. The van der Waals surface area contributed by atoms with Gasteiger partial charge in [-0.2, -0.15) is 0 Å². The van der Waals surface area contributed by atoms with E-state index >= 15 is 0 Å². The van der Waals surface area contributed by atoms with E-state index in [1.54, 1.807) is 0 Å². The SMILES string of the molecule is NC(=O)NCCC[C@H](NC(CCNC(N)=O)[C@H](N)C(=O)O)C(=O)O. The molecule has 0 fully saturated rings. The maximum Gasteiger partial charge on any atom is 0.322 e. The first-order chi connectivity index (χ1) is 11.1. The number of urea groups is 2. The highest BCUT2D eigenvalue weighted by molar-refractivity contribution is 5.76. The van der Waals surface area contributed by atoms with Crippen molar-refractivity contribution in [2.24, 2.45) is 17.2 Å². The van der Waals surface area contributed by atoms with Gasteiger partial charge in [-0.25, -0.2) is 9.59 Å². The van der Waals surface area contributed by atoms with Gasteiger partial charge in [-0.3, -0.25) is 14.9 Å². The van der Waals surface area contributed by atoms with Crippen LogP contribution in [-0.2, 0) is 9.59 Å². The average Bonchev–Trinajstić information content (AvgIpc) is 2.46. The molecule has 1 unspecified atom stereocenters. The van der Waals surface area contributed by atoms with E-state index < -0.39 is 42.1 Å². The largest absolute Gasteiger partial charge is 0.480 e. The van der Waals surface area contributed by atoms with Crippen molar-refractivity contribution in [3.63, 3.8) is 0 Å². The van der Waals surface area contributed by atoms with E-state index in [9.17, 15) is 24.3 Å². The molecule has 0 saturated carbocycles. The highest BCUT2D eigenvalue weighted by atomic mass is 16.4. The Morgan fingerprint density at radius 3 is 1.88 bits per heavy atom. The second kappa shape index (κ2) is 11.0. The van der Waals surface area contributed by atoms with E-state index in [1.807, 2.05) is 0 Å². The molecule has 4 amide bonds. The molecule has 12 heteroatoms.